The van der Waals surface area contributed by atoms with Crippen LogP contribution in [0.2, 0.25) is 0 Å². The molecule has 1 N–H and O–H groups in total. The Morgan fingerprint density at radius 1 is 1.08 bits per heavy atom. The molecule has 0 unspecified atom stereocenters. The minimum absolute atomic E-state index is 0.110. The summed E-state index contributed by atoms with van der Waals surface area (Å²) in [6.45, 7) is 7.45. The molecule has 1 aliphatic heterocycles. The highest BCUT2D eigenvalue weighted by atomic mass is 32.1. The Kier molecular flexibility index (Phi) is 7.90. The minimum atomic E-state index is -4.54. The van der Waals surface area contributed by atoms with Gasteiger partial charge in [0.15, 0.2) is 5.69 Å². The van der Waals surface area contributed by atoms with Crippen molar-refractivity contribution in [3.63, 3.8) is 0 Å². The van der Waals surface area contributed by atoms with Gasteiger partial charge in [0.25, 0.3) is 0 Å². The molecule has 4 rings (SSSR count). The molecule has 3 heterocycles. The molecule has 5 nitrogen and oxygen atoms in total. The van der Waals surface area contributed by atoms with Crippen LogP contribution < -0.4 is 9.64 Å². The number of aromatic nitrogens is 2. The summed E-state index contributed by atoms with van der Waals surface area (Å²) in [5, 5.41) is 9.72. The zero-order valence-corrected chi connectivity index (χ0v) is 21.6. The van der Waals surface area contributed by atoms with Crippen molar-refractivity contribution < 1.29 is 23.0 Å². The molecule has 0 spiro atoms. The zero-order chi connectivity index (χ0) is 25.9. The number of aliphatic hydroxyl groups excluding tert-OH is 1. The second-order valence-electron chi connectivity index (χ2n) is 10.2. The third kappa shape index (κ3) is 6.18. The number of thiazole rings is 1. The van der Waals surface area contributed by atoms with E-state index >= 15 is 0 Å². The molecule has 0 atom stereocenters. The first-order valence-corrected chi connectivity index (χ1v) is 13.0. The number of alkyl halides is 3. The molecule has 0 aliphatic carbocycles. The predicted molar refractivity (Wildman–Crippen MR) is 136 cm³/mol. The molecule has 0 bridgehead atoms. The molecule has 3 aromatic rings. The highest BCUT2D eigenvalue weighted by Gasteiger charge is 2.40. The maximum Gasteiger partial charge on any atom is 0.436 e. The number of piperidine rings is 1. The maximum absolute atomic E-state index is 13.9. The van der Waals surface area contributed by atoms with E-state index in [9.17, 15) is 18.3 Å². The minimum Gasteiger partial charge on any atom is -0.438 e. The number of anilines is 1. The van der Waals surface area contributed by atoms with Crippen molar-refractivity contribution in [2.24, 2.45) is 5.92 Å². The number of ether oxygens (including phenoxy) is 1. The summed E-state index contributed by atoms with van der Waals surface area (Å²) in [4.78, 5) is 10.2. The molecule has 36 heavy (non-hydrogen) atoms. The summed E-state index contributed by atoms with van der Waals surface area (Å²) in [7, 11) is 0. The zero-order valence-electron chi connectivity index (χ0n) is 20.8. The van der Waals surface area contributed by atoms with E-state index in [1.165, 1.54) is 0 Å². The third-order valence-electron chi connectivity index (χ3n) is 6.45. The van der Waals surface area contributed by atoms with E-state index in [0.717, 1.165) is 29.7 Å². The average molecular weight is 520 g/mol. The first kappa shape index (κ1) is 26.4. The Bertz CT molecular complexity index is 1170. The fourth-order valence-electron chi connectivity index (χ4n) is 4.53. The third-order valence-corrected chi connectivity index (χ3v) is 7.57. The fourth-order valence-corrected chi connectivity index (χ4v) is 5.69. The topological polar surface area (TPSA) is 58.5 Å². The van der Waals surface area contributed by atoms with Crippen LogP contribution in [0.4, 0.5) is 18.2 Å². The van der Waals surface area contributed by atoms with E-state index in [1.54, 1.807) is 17.2 Å². The number of benzene rings is 1. The van der Waals surface area contributed by atoms with E-state index < -0.39 is 11.9 Å². The number of halogens is 3. The van der Waals surface area contributed by atoms with Gasteiger partial charge in [0.2, 0.25) is 5.88 Å². The molecule has 1 aliphatic rings. The lowest BCUT2D eigenvalue weighted by Gasteiger charge is -2.32. The SMILES string of the molecule is CC(C)(C)c1ccccc1Oc1ncccc1Cc1nc(C(F)(F)F)c(N2CCC(CCO)CC2)s1. The average Bonchev–Trinajstić information content (AvgIpc) is 3.25. The second kappa shape index (κ2) is 10.8. The van der Waals surface area contributed by atoms with Crippen molar-refractivity contribution in [2.75, 3.05) is 24.6 Å². The van der Waals surface area contributed by atoms with Crippen LogP contribution >= 0.6 is 11.3 Å². The van der Waals surface area contributed by atoms with Crippen LogP contribution in [0.15, 0.2) is 42.6 Å². The summed E-state index contributed by atoms with van der Waals surface area (Å²) >= 11 is 1.09. The standard InChI is InChI=1S/C27H32F3N3O2S/c1-26(2,3)20-8-4-5-9-21(20)35-24-19(7-6-13-31-24)17-22-32-23(27(28,29)30)25(36-22)33-14-10-18(11-15-33)12-16-34/h4-9,13,18,34H,10-12,14-17H2,1-3H3. The van der Waals surface area contributed by atoms with Crippen LogP contribution in [0.3, 0.4) is 0 Å². The van der Waals surface area contributed by atoms with E-state index in [-0.39, 0.29) is 23.4 Å². The monoisotopic (exact) mass is 519 g/mol. The highest BCUT2D eigenvalue weighted by Crippen LogP contribution is 2.42. The van der Waals surface area contributed by atoms with Crippen molar-refractivity contribution in [3.05, 3.63) is 64.4 Å². The summed E-state index contributed by atoms with van der Waals surface area (Å²) in [6, 6.07) is 11.3. The van der Waals surface area contributed by atoms with Crippen molar-refractivity contribution in [1.29, 1.82) is 0 Å². The van der Waals surface area contributed by atoms with Gasteiger partial charge in [-0.15, -0.1) is 11.3 Å². The van der Waals surface area contributed by atoms with E-state index in [2.05, 4.69) is 30.7 Å². The van der Waals surface area contributed by atoms with Gasteiger partial charge in [-0.3, -0.25) is 0 Å². The molecule has 1 saturated heterocycles. The summed E-state index contributed by atoms with van der Waals surface area (Å²) in [5.41, 5.74) is 0.716. The fraction of sp³-hybridized carbons (Fsp3) is 0.481. The molecule has 9 heteroatoms. The van der Waals surface area contributed by atoms with Crippen LogP contribution in [0.5, 0.6) is 11.6 Å². The van der Waals surface area contributed by atoms with E-state index in [4.69, 9.17) is 4.74 Å². The van der Waals surface area contributed by atoms with Crippen LogP contribution in [-0.4, -0.2) is 34.8 Å². The Labute approximate surface area is 214 Å². The first-order valence-electron chi connectivity index (χ1n) is 12.2. The van der Waals surface area contributed by atoms with Crippen LogP contribution in [-0.2, 0) is 18.0 Å². The van der Waals surface area contributed by atoms with Crippen molar-refractivity contribution in [2.45, 2.75) is 58.0 Å². The summed E-state index contributed by atoms with van der Waals surface area (Å²) in [5.74, 6) is 1.38. The van der Waals surface area contributed by atoms with Gasteiger partial charge in [-0.25, -0.2) is 9.97 Å². The Morgan fingerprint density at radius 3 is 2.47 bits per heavy atom. The number of hydrogen-bond donors (Lipinski definition) is 1. The molecule has 1 fully saturated rings. The normalized spacial score (nSPS) is 15.4. The van der Waals surface area contributed by atoms with Crippen molar-refractivity contribution in [3.8, 4) is 11.6 Å². The summed E-state index contributed by atoms with van der Waals surface area (Å²) < 4.78 is 48.0. The van der Waals surface area contributed by atoms with E-state index in [1.807, 2.05) is 30.3 Å². The number of hydrogen-bond acceptors (Lipinski definition) is 6. The number of pyridine rings is 1. The van der Waals surface area contributed by atoms with Gasteiger partial charge in [-0.1, -0.05) is 45.0 Å². The van der Waals surface area contributed by atoms with Gasteiger partial charge in [0.1, 0.15) is 10.8 Å². The number of nitrogens with zero attached hydrogens (tertiary/aromatic N) is 3. The molecule has 0 radical (unpaired) electrons. The van der Waals surface area contributed by atoms with E-state index in [0.29, 0.717) is 47.6 Å². The van der Waals surface area contributed by atoms with Gasteiger partial charge in [-0.2, -0.15) is 13.2 Å². The molecule has 0 amide bonds. The molecular formula is C27H32F3N3O2S. The lowest BCUT2D eigenvalue weighted by molar-refractivity contribution is -0.140. The molecular weight excluding hydrogens is 487 g/mol. The molecule has 1 aromatic carbocycles. The maximum atomic E-state index is 13.9. The molecule has 2 aromatic heterocycles. The molecule has 194 valence electrons. The van der Waals surface area contributed by atoms with Gasteiger partial charge in [0, 0.05) is 43.4 Å². The van der Waals surface area contributed by atoms with Crippen LogP contribution in [0.1, 0.15) is 61.9 Å². The second-order valence-corrected chi connectivity index (χ2v) is 11.3. The first-order chi connectivity index (χ1) is 17.1. The van der Waals surface area contributed by atoms with Crippen LogP contribution in [0.25, 0.3) is 0 Å². The van der Waals surface area contributed by atoms with Crippen molar-refractivity contribution in [1.82, 2.24) is 9.97 Å². The van der Waals surface area contributed by atoms with Crippen molar-refractivity contribution >= 4 is 16.3 Å². The van der Waals surface area contributed by atoms with Gasteiger partial charge >= 0.3 is 6.18 Å². The smallest absolute Gasteiger partial charge is 0.436 e. The van der Waals surface area contributed by atoms with Gasteiger partial charge in [0.05, 0.1) is 5.01 Å². The van der Waals surface area contributed by atoms with Gasteiger partial charge in [-0.05, 0) is 42.7 Å². The Morgan fingerprint density at radius 2 is 1.81 bits per heavy atom. The quantitative estimate of drug-likeness (QED) is 0.371. The predicted octanol–water partition coefficient (Wildman–Crippen LogP) is 6.84. The largest absolute Gasteiger partial charge is 0.438 e. The Hall–Kier alpha value is -2.65. The lowest BCUT2D eigenvalue weighted by Crippen LogP contribution is -2.34. The number of para-hydroxylation sites is 1. The number of rotatable bonds is 7. The van der Waals surface area contributed by atoms with Crippen LogP contribution in [0, 0.1) is 5.92 Å². The Balaban J connectivity index is 1.60. The number of aliphatic hydroxyl groups is 1. The summed E-state index contributed by atoms with van der Waals surface area (Å²) in [6.07, 6.45) is -0.515. The lowest BCUT2D eigenvalue weighted by atomic mass is 9.86. The highest BCUT2D eigenvalue weighted by molar-refractivity contribution is 7.16. The molecule has 0 saturated carbocycles. The van der Waals surface area contributed by atoms with Gasteiger partial charge < -0.3 is 14.7 Å².